The van der Waals surface area contributed by atoms with Crippen molar-refractivity contribution in [3.8, 4) is 16.9 Å². The Labute approximate surface area is 223 Å². The van der Waals surface area contributed by atoms with Gasteiger partial charge in [-0.25, -0.2) is 14.5 Å². The predicted octanol–water partition coefficient (Wildman–Crippen LogP) is 4.88. The molecule has 4 aromatic rings. The maximum atomic E-state index is 13.3. The van der Waals surface area contributed by atoms with Crippen LogP contribution in [0, 0.1) is 0 Å². The number of hydrogen-bond acceptors (Lipinski definition) is 5. The van der Waals surface area contributed by atoms with Gasteiger partial charge in [0.05, 0.1) is 24.5 Å². The first kappa shape index (κ1) is 27.2. The first-order valence-corrected chi connectivity index (χ1v) is 11.9. The zero-order valence-electron chi connectivity index (χ0n) is 19.0. The van der Waals surface area contributed by atoms with E-state index < -0.39 is 30.6 Å². The van der Waals surface area contributed by atoms with Crippen molar-refractivity contribution in [2.45, 2.75) is 38.4 Å². The highest BCUT2D eigenvalue weighted by molar-refractivity contribution is 6.32. The fourth-order valence-corrected chi connectivity index (χ4v) is 4.33. The van der Waals surface area contributed by atoms with Crippen molar-refractivity contribution in [3.63, 3.8) is 0 Å². The van der Waals surface area contributed by atoms with E-state index in [1.165, 1.54) is 35.9 Å². The van der Waals surface area contributed by atoms with Crippen LogP contribution in [0.1, 0.15) is 24.7 Å². The number of nitrogens with zero attached hydrogens (tertiary/aromatic N) is 5. The van der Waals surface area contributed by atoms with E-state index in [-0.39, 0.29) is 29.0 Å². The molecule has 14 heteroatoms. The highest BCUT2D eigenvalue weighted by Crippen LogP contribution is 2.31. The lowest BCUT2D eigenvalue weighted by Gasteiger charge is -2.16. The number of benzene rings is 2. The third-order valence-corrected chi connectivity index (χ3v) is 6.29. The highest BCUT2D eigenvalue weighted by Gasteiger charge is 2.39. The minimum atomic E-state index is -4.96. The van der Waals surface area contributed by atoms with Gasteiger partial charge in [-0.05, 0) is 37.3 Å². The minimum absolute atomic E-state index is 0.0448. The van der Waals surface area contributed by atoms with E-state index in [9.17, 15) is 28.2 Å². The Bertz CT molecular complexity index is 1480. The van der Waals surface area contributed by atoms with Crippen LogP contribution in [0.3, 0.4) is 0 Å². The number of aromatic nitrogens is 5. The number of rotatable bonds is 7. The molecule has 0 fully saturated rings. The molecule has 0 aliphatic carbocycles. The molecule has 2 atom stereocenters. The molecule has 2 N–H and O–H groups in total. The van der Waals surface area contributed by atoms with Gasteiger partial charge in [0.1, 0.15) is 11.3 Å². The molecule has 2 aromatic carbocycles. The summed E-state index contributed by atoms with van der Waals surface area (Å²) in [6.07, 6.45) is -8.83. The van der Waals surface area contributed by atoms with E-state index in [1.807, 2.05) is 0 Å². The lowest BCUT2D eigenvalue weighted by Crippen LogP contribution is -2.37. The molecule has 0 aliphatic rings. The summed E-state index contributed by atoms with van der Waals surface area (Å²) in [5.41, 5.74) is -0.164. The SMILES string of the molecule is C[C@H](O)c1nc(Cn2c(Cl)c(-c3ccc(Cl)cc3)n(C[C@H](O)C(F)(F)F)c2=O)nn1-c1cccc(Cl)c1. The number of imidazole rings is 1. The van der Waals surface area contributed by atoms with E-state index >= 15 is 0 Å². The summed E-state index contributed by atoms with van der Waals surface area (Å²) in [4.78, 5) is 17.6. The van der Waals surface area contributed by atoms with E-state index in [1.54, 1.807) is 24.3 Å². The molecule has 4 rings (SSSR count). The second-order valence-corrected chi connectivity index (χ2v) is 9.37. The quantitative estimate of drug-likeness (QED) is 0.327. The van der Waals surface area contributed by atoms with Gasteiger partial charge in [0.25, 0.3) is 0 Å². The molecule has 0 aliphatic heterocycles. The molecule has 0 spiro atoms. The Morgan fingerprint density at radius 2 is 1.68 bits per heavy atom. The minimum Gasteiger partial charge on any atom is -0.385 e. The molecule has 37 heavy (non-hydrogen) atoms. The standard InChI is InChI=1S/C23H19Cl3F3N5O3/c1-12(35)21-30-18(31-34(21)16-4-2-3-15(25)9-16)11-33-20(26)19(13-5-7-14(24)8-6-13)32(22(33)37)10-17(36)23(27,28)29/h2-9,12,17,35-36H,10-11H2,1H3/t12-,17-/m0/s1. The Morgan fingerprint density at radius 1 is 1.00 bits per heavy atom. The highest BCUT2D eigenvalue weighted by atomic mass is 35.5. The fourth-order valence-electron chi connectivity index (χ4n) is 3.68. The van der Waals surface area contributed by atoms with Gasteiger partial charge >= 0.3 is 11.9 Å². The van der Waals surface area contributed by atoms with Crippen LogP contribution in [0.5, 0.6) is 0 Å². The van der Waals surface area contributed by atoms with Crippen LogP contribution >= 0.6 is 34.8 Å². The van der Waals surface area contributed by atoms with Gasteiger partial charge in [-0.3, -0.25) is 9.13 Å². The summed E-state index contributed by atoms with van der Waals surface area (Å²) in [7, 11) is 0. The van der Waals surface area contributed by atoms with Gasteiger partial charge in [-0.2, -0.15) is 13.2 Å². The zero-order chi connectivity index (χ0) is 27.1. The molecule has 196 valence electrons. The number of halogens is 6. The van der Waals surface area contributed by atoms with Gasteiger partial charge in [0.15, 0.2) is 17.8 Å². The Morgan fingerprint density at radius 3 is 2.27 bits per heavy atom. The average molecular weight is 577 g/mol. The molecular formula is C23H19Cl3F3N5O3. The topological polar surface area (TPSA) is 98.1 Å². The van der Waals surface area contributed by atoms with Crippen molar-refractivity contribution < 1.29 is 23.4 Å². The van der Waals surface area contributed by atoms with Gasteiger partial charge < -0.3 is 10.2 Å². The average Bonchev–Trinajstić information content (AvgIpc) is 3.35. The van der Waals surface area contributed by atoms with Crippen molar-refractivity contribution in [2.24, 2.45) is 0 Å². The number of hydrogen-bond donors (Lipinski definition) is 2. The smallest absolute Gasteiger partial charge is 0.385 e. The molecule has 0 bridgehead atoms. The summed E-state index contributed by atoms with van der Waals surface area (Å²) in [6, 6.07) is 12.6. The molecule has 2 aromatic heterocycles. The molecule has 0 amide bonds. The normalized spacial score (nSPS) is 13.6. The van der Waals surface area contributed by atoms with Gasteiger partial charge in [0.2, 0.25) is 0 Å². The van der Waals surface area contributed by atoms with Crippen LogP contribution in [0.15, 0.2) is 53.3 Å². The number of aliphatic hydroxyl groups is 2. The second kappa shape index (κ2) is 10.5. The monoisotopic (exact) mass is 575 g/mol. The van der Waals surface area contributed by atoms with Crippen molar-refractivity contribution >= 4 is 34.8 Å². The predicted molar refractivity (Wildman–Crippen MR) is 132 cm³/mol. The number of aliphatic hydroxyl groups excluding tert-OH is 2. The maximum absolute atomic E-state index is 13.3. The summed E-state index contributed by atoms with van der Waals surface area (Å²) in [6.45, 7) is 0.0542. The Hall–Kier alpha value is -2.83. The largest absolute Gasteiger partial charge is 0.416 e. The number of alkyl halides is 3. The van der Waals surface area contributed by atoms with E-state index in [0.717, 1.165) is 9.13 Å². The third kappa shape index (κ3) is 5.70. The first-order chi connectivity index (χ1) is 17.4. The van der Waals surface area contributed by atoms with Gasteiger partial charge in [-0.1, -0.05) is 53.0 Å². The lowest BCUT2D eigenvalue weighted by molar-refractivity contribution is -0.207. The molecule has 8 nitrogen and oxygen atoms in total. The fraction of sp³-hybridized carbons (Fsp3) is 0.261. The summed E-state index contributed by atoms with van der Waals surface area (Å²) in [5, 5.41) is 24.9. The first-order valence-electron chi connectivity index (χ1n) is 10.8. The van der Waals surface area contributed by atoms with E-state index in [0.29, 0.717) is 21.3 Å². The third-order valence-electron chi connectivity index (χ3n) is 5.42. The summed E-state index contributed by atoms with van der Waals surface area (Å²) < 4.78 is 42.5. The van der Waals surface area contributed by atoms with Crippen LogP contribution in [-0.4, -0.2) is 46.4 Å². The summed E-state index contributed by atoms with van der Waals surface area (Å²) >= 11 is 18.5. The van der Waals surface area contributed by atoms with Crippen LogP contribution in [-0.2, 0) is 13.1 Å². The zero-order valence-corrected chi connectivity index (χ0v) is 21.3. The van der Waals surface area contributed by atoms with Crippen molar-refractivity contribution in [3.05, 3.63) is 85.9 Å². The van der Waals surface area contributed by atoms with Gasteiger partial charge in [-0.15, -0.1) is 5.10 Å². The van der Waals surface area contributed by atoms with Crippen LogP contribution in [0.4, 0.5) is 13.2 Å². The van der Waals surface area contributed by atoms with Crippen LogP contribution < -0.4 is 5.69 Å². The van der Waals surface area contributed by atoms with E-state index in [4.69, 9.17) is 34.8 Å². The Balaban J connectivity index is 1.82. The molecule has 0 unspecified atom stereocenters. The summed E-state index contributed by atoms with van der Waals surface area (Å²) in [5.74, 6) is 0.197. The van der Waals surface area contributed by atoms with E-state index in [2.05, 4.69) is 10.1 Å². The van der Waals surface area contributed by atoms with Crippen molar-refractivity contribution in [2.75, 3.05) is 0 Å². The molecule has 2 heterocycles. The van der Waals surface area contributed by atoms with Crippen molar-refractivity contribution in [1.82, 2.24) is 23.9 Å². The molecule has 0 saturated heterocycles. The second-order valence-electron chi connectivity index (χ2n) is 8.14. The Kier molecular flexibility index (Phi) is 7.72. The molecular weight excluding hydrogens is 558 g/mol. The van der Waals surface area contributed by atoms with Crippen LogP contribution in [0.2, 0.25) is 15.2 Å². The van der Waals surface area contributed by atoms with Crippen molar-refractivity contribution in [1.29, 1.82) is 0 Å². The molecule has 0 radical (unpaired) electrons. The van der Waals surface area contributed by atoms with Crippen LogP contribution in [0.25, 0.3) is 16.9 Å². The lowest BCUT2D eigenvalue weighted by atomic mass is 10.1. The maximum Gasteiger partial charge on any atom is 0.416 e. The molecule has 0 saturated carbocycles. The van der Waals surface area contributed by atoms with Gasteiger partial charge in [0, 0.05) is 15.6 Å².